The number of imidazole rings is 1. The van der Waals surface area contributed by atoms with Crippen molar-refractivity contribution in [3.63, 3.8) is 0 Å². The molecule has 1 unspecified atom stereocenters. The maximum Gasteiger partial charge on any atom is 0.510 e. The summed E-state index contributed by atoms with van der Waals surface area (Å²) in [5, 5.41) is 0. The number of fused-ring (bicyclic) bond motifs is 1. The molecule has 0 fully saturated rings. The third kappa shape index (κ3) is 4.50. The lowest BCUT2D eigenvalue weighted by atomic mass is 10.1. The third-order valence-electron chi connectivity index (χ3n) is 4.01. The molecule has 1 aromatic carbocycles. The highest BCUT2D eigenvalue weighted by Gasteiger charge is 2.16. The van der Waals surface area contributed by atoms with Crippen molar-refractivity contribution < 1.29 is 14.2 Å². The normalized spacial score (nSPS) is 11.7. The number of nitrogens with one attached hydrogen (secondary N) is 1. The lowest BCUT2D eigenvalue weighted by Crippen LogP contribution is -2.18. The highest BCUT2D eigenvalue weighted by atomic mass is 31.1. The maximum absolute atomic E-state index is 12.4. The van der Waals surface area contributed by atoms with Gasteiger partial charge in [0.15, 0.2) is 11.5 Å². The lowest BCUT2D eigenvalue weighted by Gasteiger charge is -2.07. The number of unbranched alkanes of at least 4 members (excludes halogenated alkanes) is 1. The molecule has 3 rings (SSSR count). The second kappa shape index (κ2) is 8.28. The summed E-state index contributed by atoms with van der Waals surface area (Å²) in [5.41, 5.74) is 7.82. The fraction of sp³-hybridized carbons (Fsp3) is 0.353. The number of hydrogen-bond acceptors (Lipinski definition) is 6. The Hall–Kier alpha value is -2.77. The van der Waals surface area contributed by atoms with Crippen LogP contribution in [0.25, 0.3) is 11.2 Å². The van der Waals surface area contributed by atoms with Crippen LogP contribution in [0.15, 0.2) is 29.1 Å². The predicted molar refractivity (Wildman–Crippen MR) is 102 cm³/mol. The Labute approximate surface area is 156 Å². The van der Waals surface area contributed by atoms with E-state index in [1.54, 1.807) is 18.2 Å². The number of aromatic nitrogens is 4. The van der Waals surface area contributed by atoms with E-state index in [1.807, 2.05) is 13.0 Å². The summed E-state index contributed by atoms with van der Waals surface area (Å²) in [4.78, 5) is 32.6. The van der Waals surface area contributed by atoms with Crippen molar-refractivity contribution in [2.45, 2.75) is 32.5 Å². The number of benzene rings is 1. The number of aromatic amines is 1. The molecule has 0 saturated heterocycles. The summed E-state index contributed by atoms with van der Waals surface area (Å²) in [6.07, 6.45) is 1.90. The Morgan fingerprint density at radius 1 is 1.33 bits per heavy atom. The van der Waals surface area contributed by atoms with Crippen molar-refractivity contribution in [3.05, 3.63) is 45.9 Å². The van der Waals surface area contributed by atoms with Crippen LogP contribution in [0.2, 0.25) is 0 Å². The van der Waals surface area contributed by atoms with E-state index < -0.39 is 8.03 Å². The molecular formula is C17H21N5O4P+. The van der Waals surface area contributed by atoms with E-state index in [-0.39, 0.29) is 30.2 Å². The van der Waals surface area contributed by atoms with Crippen molar-refractivity contribution in [2.24, 2.45) is 0 Å². The molecule has 2 aromatic heterocycles. The van der Waals surface area contributed by atoms with Crippen molar-refractivity contribution in [1.82, 2.24) is 19.5 Å². The molecule has 3 aromatic rings. The van der Waals surface area contributed by atoms with Crippen LogP contribution in [0.1, 0.15) is 30.9 Å². The average Bonchev–Trinajstić information content (AvgIpc) is 2.92. The zero-order valence-electron chi connectivity index (χ0n) is 14.9. The molecule has 0 spiro atoms. The summed E-state index contributed by atoms with van der Waals surface area (Å²) in [5.74, 6) is 0.147. The van der Waals surface area contributed by atoms with Crippen LogP contribution < -0.4 is 16.2 Å². The molecule has 142 valence electrons. The van der Waals surface area contributed by atoms with E-state index in [4.69, 9.17) is 15.4 Å². The lowest BCUT2D eigenvalue weighted by molar-refractivity contribution is 0.286. The number of nitrogens with zero attached hydrogens (tertiary/aromatic N) is 3. The van der Waals surface area contributed by atoms with Gasteiger partial charge in [0, 0.05) is 5.56 Å². The standard InChI is InChI=1S/C17H20N5O4P/c1-2-3-7-26-16-20-14(18)13-15(21-16)22(17(23)19-13)9-11-5-4-6-12(8-11)10-27(24)25/h4-6,8H,2-3,7,9-10H2,1H3,(H3-,18,19,20,21,23,24,25)/p+1. The Bertz CT molecular complexity index is 1030. The first-order valence-corrected chi connectivity index (χ1v) is 9.98. The van der Waals surface area contributed by atoms with Gasteiger partial charge in [-0.25, -0.2) is 4.79 Å². The van der Waals surface area contributed by atoms with Crippen LogP contribution in [0.4, 0.5) is 5.82 Å². The quantitative estimate of drug-likeness (QED) is 0.396. The molecule has 10 heteroatoms. The first-order chi connectivity index (χ1) is 13.0. The van der Waals surface area contributed by atoms with Crippen molar-refractivity contribution in [3.8, 4) is 6.01 Å². The van der Waals surface area contributed by atoms with Crippen LogP contribution >= 0.6 is 8.03 Å². The van der Waals surface area contributed by atoms with Crippen LogP contribution in [-0.2, 0) is 17.3 Å². The van der Waals surface area contributed by atoms with Gasteiger partial charge in [-0.1, -0.05) is 31.5 Å². The second-order valence-electron chi connectivity index (χ2n) is 6.14. The fourth-order valence-electron chi connectivity index (χ4n) is 2.71. The smallest absolute Gasteiger partial charge is 0.463 e. The first-order valence-electron chi connectivity index (χ1n) is 8.58. The molecule has 2 heterocycles. The topological polar surface area (TPSA) is 136 Å². The Kier molecular flexibility index (Phi) is 5.83. The van der Waals surface area contributed by atoms with Crippen LogP contribution in [-0.4, -0.2) is 31.0 Å². The molecule has 4 N–H and O–H groups in total. The molecule has 0 radical (unpaired) electrons. The Balaban J connectivity index is 1.95. The number of hydrogen-bond donors (Lipinski definition) is 3. The Morgan fingerprint density at radius 3 is 2.85 bits per heavy atom. The number of ether oxygens (including phenoxy) is 1. The third-order valence-corrected chi connectivity index (χ3v) is 4.64. The molecule has 0 aliphatic rings. The average molecular weight is 390 g/mol. The van der Waals surface area contributed by atoms with E-state index in [0.29, 0.717) is 17.8 Å². The number of rotatable bonds is 8. The van der Waals surface area contributed by atoms with Gasteiger partial charge in [-0.2, -0.15) is 14.9 Å². The van der Waals surface area contributed by atoms with E-state index in [2.05, 4.69) is 15.0 Å². The van der Waals surface area contributed by atoms with Crippen LogP contribution in [0, 0.1) is 0 Å². The minimum absolute atomic E-state index is 0.0660. The van der Waals surface area contributed by atoms with Crippen molar-refractivity contribution in [1.29, 1.82) is 0 Å². The summed E-state index contributed by atoms with van der Waals surface area (Å²) < 4.78 is 18.0. The molecule has 9 nitrogen and oxygen atoms in total. The number of nitrogen functional groups attached to an aromatic ring is 1. The van der Waals surface area contributed by atoms with E-state index in [9.17, 15) is 9.36 Å². The van der Waals surface area contributed by atoms with E-state index >= 15 is 0 Å². The number of anilines is 1. The van der Waals surface area contributed by atoms with Gasteiger partial charge in [0.25, 0.3) is 0 Å². The zero-order chi connectivity index (χ0) is 19.4. The van der Waals surface area contributed by atoms with Gasteiger partial charge >= 0.3 is 19.7 Å². The van der Waals surface area contributed by atoms with Gasteiger partial charge < -0.3 is 15.5 Å². The van der Waals surface area contributed by atoms with Gasteiger partial charge in [-0.3, -0.25) is 4.57 Å². The molecule has 0 bridgehead atoms. The zero-order valence-corrected chi connectivity index (χ0v) is 15.8. The molecule has 0 aliphatic heterocycles. The van der Waals surface area contributed by atoms with Crippen molar-refractivity contribution in [2.75, 3.05) is 12.3 Å². The number of nitrogens with two attached hydrogens (primary N) is 1. The van der Waals surface area contributed by atoms with Gasteiger partial charge in [0.05, 0.1) is 13.2 Å². The summed E-state index contributed by atoms with van der Waals surface area (Å²) in [6.45, 7) is 2.75. The minimum atomic E-state index is -2.27. The van der Waals surface area contributed by atoms with Crippen LogP contribution in [0.5, 0.6) is 6.01 Å². The molecule has 0 aliphatic carbocycles. The summed E-state index contributed by atoms with van der Waals surface area (Å²) in [7, 11) is -2.27. The summed E-state index contributed by atoms with van der Waals surface area (Å²) in [6, 6.07) is 7.31. The second-order valence-corrected chi connectivity index (χ2v) is 7.16. The predicted octanol–water partition coefficient (Wildman–Crippen LogP) is 2.16. The minimum Gasteiger partial charge on any atom is -0.463 e. The number of H-pyrrole nitrogens is 1. The molecular weight excluding hydrogens is 369 g/mol. The van der Waals surface area contributed by atoms with Crippen molar-refractivity contribution >= 4 is 25.0 Å². The van der Waals surface area contributed by atoms with E-state index in [0.717, 1.165) is 24.0 Å². The van der Waals surface area contributed by atoms with Gasteiger partial charge in [0.2, 0.25) is 6.16 Å². The Morgan fingerprint density at radius 2 is 2.11 bits per heavy atom. The molecule has 1 atom stereocenters. The molecule has 27 heavy (non-hydrogen) atoms. The fourth-order valence-corrected chi connectivity index (χ4v) is 3.22. The monoisotopic (exact) mass is 390 g/mol. The van der Waals surface area contributed by atoms with E-state index in [1.165, 1.54) is 4.57 Å². The van der Waals surface area contributed by atoms with Gasteiger partial charge in [-0.15, -0.1) is 0 Å². The molecule has 0 saturated carbocycles. The maximum atomic E-state index is 12.4. The first kappa shape index (κ1) is 19.0. The van der Waals surface area contributed by atoms with Gasteiger partial charge in [0.1, 0.15) is 5.52 Å². The van der Waals surface area contributed by atoms with Gasteiger partial charge in [-0.05, 0) is 22.6 Å². The highest BCUT2D eigenvalue weighted by Crippen LogP contribution is 2.23. The SMILES string of the molecule is CCCCOc1nc(N)c2[nH]c(=O)n(Cc3cccc(C[P+](=O)O)c3)c2n1. The largest absolute Gasteiger partial charge is 0.510 e. The summed E-state index contributed by atoms with van der Waals surface area (Å²) >= 11 is 0. The molecule has 0 amide bonds. The van der Waals surface area contributed by atoms with Crippen LogP contribution in [0.3, 0.4) is 0 Å². The highest BCUT2D eigenvalue weighted by molar-refractivity contribution is 7.37.